The molecule has 1 heterocycles. The van der Waals surface area contributed by atoms with Gasteiger partial charge in [-0.25, -0.2) is 4.98 Å². The molecule has 1 aromatic carbocycles. The third kappa shape index (κ3) is 3.11. The zero-order valence-corrected chi connectivity index (χ0v) is 10.9. The number of imidazole rings is 1. The second-order valence-electron chi connectivity index (χ2n) is 4.18. The SMILES string of the molecule is CNCCCc1ncc(-c2ccc(OC)cc2)[nH]1. The van der Waals surface area contributed by atoms with Gasteiger partial charge in [-0.05, 0) is 49.8 Å². The number of nitrogens with zero attached hydrogens (tertiary/aromatic N) is 1. The zero-order chi connectivity index (χ0) is 12.8. The number of aryl methyl sites for hydroxylation is 1. The highest BCUT2D eigenvalue weighted by molar-refractivity contribution is 5.59. The van der Waals surface area contributed by atoms with Crippen molar-refractivity contribution in [2.24, 2.45) is 0 Å². The molecule has 0 unspecified atom stereocenters. The number of nitrogens with one attached hydrogen (secondary N) is 2. The maximum Gasteiger partial charge on any atom is 0.118 e. The number of aromatic nitrogens is 2. The third-order valence-corrected chi connectivity index (χ3v) is 2.87. The highest BCUT2D eigenvalue weighted by Crippen LogP contribution is 2.20. The highest BCUT2D eigenvalue weighted by atomic mass is 16.5. The van der Waals surface area contributed by atoms with Crippen LogP contribution in [0.2, 0.25) is 0 Å². The molecular formula is C14H19N3O. The van der Waals surface area contributed by atoms with E-state index in [1.54, 1.807) is 7.11 Å². The molecule has 4 nitrogen and oxygen atoms in total. The van der Waals surface area contributed by atoms with Gasteiger partial charge in [0.15, 0.2) is 0 Å². The Morgan fingerprint density at radius 2 is 2.06 bits per heavy atom. The number of rotatable bonds is 6. The van der Waals surface area contributed by atoms with E-state index in [4.69, 9.17) is 4.74 Å². The van der Waals surface area contributed by atoms with E-state index in [1.165, 1.54) is 0 Å². The average Bonchev–Trinajstić information content (AvgIpc) is 2.88. The van der Waals surface area contributed by atoms with Gasteiger partial charge < -0.3 is 15.0 Å². The molecule has 2 rings (SSSR count). The van der Waals surface area contributed by atoms with E-state index >= 15 is 0 Å². The Morgan fingerprint density at radius 3 is 2.72 bits per heavy atom. The Bertz CT molecular complexity index is 476. The van der Waals surface area contributed by atoms with Crippen LogP contribution in [-0.2, 0) is 6.42 Å². The van der Waals surface area contributed by atoms with Crippen LogP contribution in [0, 0.1) is 0 Å². The Balaban J connectivity index is 2.04. The molecule has 0 amide bonds. The first-order chi connectivity index (χ1) is 8.83. The standard InChI is InChI=1S/C14H19N3O/c1-15-9-3-4-14-16-10-13(17-14)11-5-7-12(18-2)8-6-11/h5-8,10,15H,3-4,9H2,1-2H3,(H,16,17). The summed E-state index contributed by atoms with van der Waals surface area (Å²) in [5.41, 5.74) is 2.18. The van der Waals surface area contributed by atoms with Crippen LogP contribution in [0.4, 0.5) is 0 Å². The fraction of sp³-hybridized carbons (Fsp3) is 0.357. The number of ether oxygens (including phenoxy) is 1. The number of aromatic amines is 1. The van der Waals surface area contributed by atoms with Crippen LogP contribution in [0.3, 0.4) is 0 Å². The third-order valence-electron chi connectivity index (χ3n) is 2.87. The Labute approximate surface area is 107 Å². The monoisotopic (exact) mass is 245 g/mol. The van der Waals surface area contributed by atoms with Gasteiger partial charge in [-0.2, -0.15) is 0 Å². The van der Waals surface area contributed by atoms with Gasteiger partial charge in [0.05, 0.1) is 19.0 Å². The van der Waals surface area contributed by atoms with Gasteiger partial charge in [0, 0.05) is 6.42 Å². The van der Waals surface area contributed by atoms with E-state index in [9.17, 15) is 0 Å². The molecular weight excluding hydrogens is 226 g/mol. The fourth-order valence-electron chi connectivity index (χ4n) is 1.84. The first kappa shape index (κ1) is 12.6. The van der Waals surface area contributed by atoms with Crippen molar-refractivity contribution >= 4 is 0 Å². The van der Waals surface area contributed by atoms with Crippen molar-refractivity contribution < 1.29 is 4.74 Å². The van der Waals surface area contributed by atoms with Gasteiger partial charge in [0.25, 0.3) is 0 Å². The van der Waals surface area contributed by atoms with Gasteiger partial charge in [-0.3, -0.25) is 0 Å². The summed E-state index contributed by atoms with van der Waals surface area (Å²) in [5.74, 6) is 1.91. The van der Waals surface area contributed by atoms with Crippen LogP contribution in [-0.4, -0.2) is 30.7 Å². The van der Waals surface area contributed by atoms with Crippen molar-refractivity contribution in [3.05, 3.63) is 36.3 Å². The highest BCUT2D eigenvalue weighted by Gasteiger charge is 2.03. The lowest BCUT2D eigenvalue weighted by molar-refractivity contribution is 0.415. The Kier molecular flexibility index (Phi) is 4.36. The molecule has 0 bridgehead atoms. The molecule has 0 atom stereocenters. The first-order valence-corrected chi connectivity index (χ1v) is 6.16. The summed E-state index contributed by atoms with van der Waals surface area (Å²) in [4.78, 5) is 7.74. The number of benzene rings is 1. The summed E-state index contributed by atoms with van der Waals surface area (Å²) >= 11 is 0. The van der Waals surface area contributed by atoms with E-state index in [0.29, 0.717) is 0 Å². The molecule has 0 saturated heterocycles. The van der Waals surface area contributed by atoms with Gasteiger partial charge in [0.2, 0.25) is 0 Å². The van der Waals surface area contributed by atoms with Gasteiger partial charge >= 0.3 is 0 Å². The topological polar surface area (TPSA) is 49.9 Å². The number of H-pyrrole nitrogens is 1. The predicted molar refractivity (Wildman–Crippen MR) is 72.8 cm³/mol. The summed E-state index contributed by atoms with van der Waals surface area (Å²) in [6.07, 6.45) is 3.94. The molecule has 0 aliphatic carbocycles. The summed E-state index contributed by atoms with van der Waals surface area (Å²) in [7, 11) is 3.63. The normalized spacial score (nSPS) is 10.6. The summed E-state index contributed by atoms with van der Waals surface area (Å²) in [6, 6.07) is 7.97. The maximum atomic E-state index is 5.14. The van der Waals surface area contributed by atoms with Crippen LogP contribution >= 0.6 is 0 Å². The molecule has 0 spiro atoms. The number of hydrogen-bond donors (Lipinski definition) is 2. The molecule has 18 heavy (non-hydrogen) atoms. The second kappa shape index (κ2) is 6.21. The Hall–Kier alpha value is -1.81. The minimum absolute atomic E-state index is 0.868. The molecule has 0 radical (unpaired) electrons. The molecule has 4 heteroatoms. The van der Waals surface area contributed by atoms with Crippen molar-refractivity contribution in [3.8, 4) is 17.0 Å². The van der Waals surface area contributed by atoms with Crippen LogP contribution in [0.1, 0.15) is 12.2 Å². The molecule has 1 aromatic heterocycles. The smallest absolute Gasteiger partial charge is 0.118 e. The van der Waals surface area contributed by atoms with E-state index in [1.807, 2.05) is 37.5 Å². The van der Waals surface area contributed by atoms with Crippen molar-refractivity contribution in [3.63, 3.8) is 0 Å². The lowest BCUT2D eigenvalue weighted by Crippen LogP contribution is -2.08. The van der Waals surface area contributed by atoms with E-state index in [2.05, 4.69) is 15.3 Å². The molecule has 0 saturated carbocycles. The van der Waals surface area contributed by atoms with E-state index in [0.717, 1.165) is 42.2 Å². The van der Waals surface area contributed by atoms with Gasteiger partial charge in [-0.15, -0.1) is 0 Å². The maximum absolute atomic E-state index is 5.14. The van der Waals surface area contributed by atoms with Crippen LogP contribution in [0.15, 0.2) is 30.5 Å². The first-order valence-electron chi connectivity index (χ1n) is 6.16. The molecule has 0 aliphatic rings. The van der Waals surface area contributed by atoms with Crippen molar-refractivity contribution in [1.29, 1.82) is 0 Å². The fourth-order valence-corrected chi connectivity index (χ4v) is 1.84. The molecule has 96 valence electrons. The van der Waals surface area contributed by atoms with Crippen molar-refractivity contribution in [2.75, 3.05) is 20.7 Å². The number of methoxy groups -OCH3 is 1. The minimum atomic E-state index is 0.868. The van der Waals surface area contributed by atoms with Gasteiger partial charge in [0.1, 0.15) is 11.6 Å². The van der Waals surface area contributed by atoms with Crippen LogP contribution in [0.5, 0.6) is 5.75 Å². The summed E-state index contributed by atoms with van der Waals surface area (Å²) in [5, 5.41) is 3.13. The van der Waals surface area contributed by atoms with Crippen molar-refractivity contribution in [2.45, 2.75) is 12.8 Å². The molecule has 0 fully saturated rings. The predicted octanol–water partition coefficient (Wildman–Crippen LogP) is 2.24. The lowest BCUT2D eigenvalue weighted by Gasteiger charge is -2.01. The second-order valence-corrected chi connectivity index (χ2v) is 4.18. The average molecular weight is 245 g/mol. The summed E-state index contributed by atoms with van der Waals surface area (Å²) < 4.78 is 5.14. The number of hydrogen-bond acceptors (Lipinski definition) is 3. The molecule has 2 N–H and O–H groups in total. The van der Waals surface area contributed by atoms with Gasteiger partial charge in [-0.1, -0.05) is 0 Å². The largest absolute Gasteiger partial charge is 0.497 e. The van der Waals surface area contributed by atoms with Crippen molar-refractivity contribution in [1.82, 2.24) is 15.3 Å². The quantitative estimate of drug-likeness (QED) is 0.767. The molecule has 2 aromatic rings. The van der Waals surface area contributed by atoms with Crippen LogP contribution in [0.25, 0.3) is 11.3 Å². The summed E-state index contributed by atoms with van der Waals surface area (Å²) in [6.45, 7) is 1.01. The molecule has 0 aliphatic heterocycles. The Morgan fingerprint density at radius 1 is 1.28 bits per heavy atom. The lowest BCUT2D eigenvalue weighted by atomic mass is 10.2. The van der Waals surface area contributed by atoms with E-state index < -0.39 is 0 Å². The van der Waals surface area contributed by atoms with E-state index in [-0.39, 0.29) is 0 Å². The zero-order valence-electron chi connectivity index (χ0n) is 10.9. The van der Waals surface area contributed by atoms with Crippen LogP contribution < -0.4 is 10.1 Å². The minimum Gasteiger partial charge on any atom is -0.497 e.